The van der Waals surface area contributed by atoms with Crippen molar-refractivity contribution in [3.63, 3.8) is 0 Å². The maximum absolute atomic E-state index is 14.2. The third-order valence-corrected chi connectivity index (χ3v) is 5.14. The smallest absolute Gasteiger partial charge is 0.254 e. The van der Waals surface area contributed by atoms with E-state index in [0.717, 1.165) is 29.6 Å². The Balaban J connectivity index is 1.71. The Morgan fingerprint density at radius 1 is 1.03 bits per heavy atom. The van der Waals surface area contributed by atoms with Gasteiger partial charge in [-0.05, 0) is 32.0 Å². The average molecular weight is 427 g/mol. The maximum Gasteiger partial charge on any atom is 0.254 e. The lowest BCUT2D eigenvalue weighted by molar-refractivity contribution is -0.129. The van der Waals surface area contributed by atoms with E-state index in [1.165, 1.54) is 0 Å². The minimum atomic E-state index is -0.593. The van der Waals surface area contributed by atoms with Gasteiger partial charge in [0.1, 0.15) is 23.3 Å². The second kappa shape index (κ2) is 8.29. The number of nitrogens with zero attached hydrogens (tertiary/aromatic N) is 6. The molecule has 162 valence electrons. The Labute approximate surface area is 178 Å². The number of hydrogen-bond donors (Lipinski definition) is 1. The maximum atomic E-state index is 14.2. The lowest BCUT2D eigenvalue weighted by atomic mass is 10.3. The monoisotopic (exact) mass is 427 g/mol. The molecule has 4 rings (SSSR count). The summed E-state index contributed by atoms with van der Waals surface area (Å²) in [6.07, 6.45) is 0. The molecule has 31 heavy (non-hydrogen) atoms. The Bertz CT molecular complexity index is 1120. The second-order valence-corrected chi connectivity index (χ2v) is 7.49. The summed E-state index contributed by atoms with van der Waals surface area (Å²) in [6.45, 7) is 7.67. The molecule has 1 aliphatic rings. The summed E-state index contributed by atoms with van der Waals surface area (Å²) in [4.78, 5) is 24.6. The molecule has 1 aliphatic heterocycles. The minimum absolute atomic E-state index is 0.0228. The molecule has 0 unspecified atom stereocenters. The van der Waals surface area contributed by atoms with Crippen molar-refractivity contribution in [3.05, 3.63) is 53.4 Å². The topological polar surface area (TPSA) is 79.2 Å². The van der Waals surface area contributed by atoms with Gasteiger partial charge in [-0.15, -0.1) is 0 Å². The number of carbonyl (C=O) groups excluding carboxylic acids is 1. The van der Waals surface area contributed by atoms with Crippen LogP contribution in [0, 0.1) is 25.5 Å². The first-order chi connectivity index (χ1) is 14.8. The van der Waals surface area contributed by atoms with Crippen LogP contribution in [0.4, 0.5) is 26.1 Å². The zero-order valence-electron chi connectivity index (χ0n) is 17.6. The predicted octanol–water partition coefficient (Wildman–Crippen LogP) is 2.97. The van der Waals surface area contributed by atoms with Gasteiger partial charge in [-0.3, -0.25) is 4.79 Å². The van der Waals surface area contributed by atoms with Gasteiger partial charge < -0.3 is 15.1 Å². The molecule has 0 atom stereocenters. The van der Waals surface area contributed by atoms with Crippen LogP contribution in [0.3, 0.4) is 0 Å². The van der Waals surface area contributed by atoms with Crippen molar-refractivity contribution >= 4 is 23.2 Å². The number of piperazine rings is 1. The van der Waals surface area contributed by atoms with E-state index in [9.17, 15) is 13.6 Å². The molecular weight excluding hydrogens is 404 g/mol. The molecule has 1 fully saturated rings. The summed E-state index contributed by atoms with van der Waals surface area (Å²) in [6, 6.07) is 6.78. The third kappa shape index (κ3) is 4.47. The van der Waals surface area contributed by atoms with Crippen LogP contribution in [0.5, 0.6) is 0 Å². The fraction of sp³-hybridized carbons (Fsp3) is 0.333. The zero-order chi connectivity index (χ0) is 22.1. The van der Waals surface area contributed by atoms with E-state index in [1.54, 1.807) is 22.6 Å². The number of benzene rings is 1. The average Bonchev–Trinajstić information content (AvgIpc) is 3.08. The quantitative estimate of drug-likeness (QED) is 0.690. The van der Waals surface area contributed by atoms with Crippen LogP contribution in [0.15, 0.2) is 30.3 Å². The van der Waals surface area contributed by atoms with Crippen LogP contribution in [-0.2, 0) is 4.79 Å². The van der Waals surface area contributed by atoms with Crippen molar-refractivity contribution in [2.24, 2.45) is 0 Å². The Morgan fingerprint density at radius 2 is 1.77 bits per heavy atom. The number of halogens is 2. The zero-order valence-corrected chi connectivity index (χ0v) is 17.6. The SMILES string of the molecule is CC(=O)N1CCN(c2cc(Nc3cc(F)ccc3F)nc(-n3nc(C)cc3C)n2)CC1. The standard InChI is InChI=1S/C21H23F2N7O/c1-13-10-14(2)30(27-13)21-25-19(24-18-11-16(22)4-5-17(18)23)12-20(26-21)29-8-6-28(7-9-29)15(3)31/h4-5,10-12H,6-9H2,1-3H3,(H,24,25,26). The summed E-state index contributed by atoms with van der Waals surface area (Å²) in [5.41, 5.74) is 1.64. The van der Waals surface area contributed by atoms with Crippen LogP contribution >= 0.6 is 0 Å². The second-order valence-electron chi connectivity index (χ2n) is 7.49. The van der Waals surface area contributed by atoms with Crippen LogP contribution in [0.1, 0.15) is 18.3 Å². The van der Waals surface area contributed by atoms with E-state index in [4.69, 9.17) is 0 Å². The molecule has 0 radical (unpaired) electrons. The van der Waals surface area contributed by atoms with E-state index in [-0.39, 0.29) is 11.6 Å². The number of aryl methyl sites for hydroxylation is 2. The van der Waals surface area contributed by atoms with Gasteiger partial charge in [-0.2, -0.15) is 15.1 Å². The molecule has 1 N–H and O–H groups in total. The molecule has 2 aromatic heterocycles. The lowest BCUT2D eigenvalue weighted by Crippen LogP contribution is -2.48. The number of rotatable bonds is 4. The predicted molar refractivity (Wildman–Crippen MR) is 113 cm³/mol. The number of carbonyl (C=O) groups is 1. The van der Waals surface area contributed by atoms with Crippen molar-refractivity contribution < 1.29 is 13.6 Å². The molecule has 3 aromatic rings. The van der Waals surface area contributed by atoms with Crippen molar-refractivity contribution in [1.82, 2.24) is 24.6 Å². The molecule has 1 saturated heterocycles. The van der Waals surface area contributed by atoms with Crippen molar-refractivity contribution in [2.75, 3.05) is 36.4 Å². The Kier molecular flexibility index (Phi) is 5.53. The molecular formula is C21H23F2N7O. The normalized spacial score (nSPS) is 14.1. The van der Waals surface area contributed by atoms with Crippen LogP contribution in [0.2, 0.25) is 0 Å². The lowest BCUT2D eigenvalue weighted by Gasteiger charge is -2.35. The molecule has 8 nitrogen and oxygen atoms in total. The molecule has 0 aliphatic carbocycles. The van der Waals surface area contributed by atoms with Gasteiger partial charge >= 0.3 is 0 Å². The third-order valence-electron chi connectivity index (χ3n) is 5.14. The van der Waals surface area contributed by atoms with E-state index < -0.39 is 11.6 Å². The first-order valence-corrected chi connectivity index (χ1v) is 9.95. The van der Waals surface area contributed by atoms with Gasteiger partial charge in [0.25, 0.3) is 5.95 Å². The summed E-state index contributed by atoms with van der Waals surface area (Å²) >= 11 is 0. The molecule has 0 bridgehead atoms. The van der Waals surface area contributed by atoms with E-state index >= 15 is 0 Å². The molecule has 1 amide bonds. The van der Waals surface area contributed by atoms with E-state index in [2.05, 4.69) is 20.4 Å². The van der Waals surface area contributed by atoms with Crippen LogP contribution in [-0.4, -0.2) is 56.7 Å². The Hall–Kier alpha value is -3.56. The van der Waals surface area contributed by atoms with Gasteiger partial charge in [0.2, 0.25) is 5.91 Å². The largest absolute Gasteiger partial charge is 0.353 e. The summed E-state index contributed by atoms with van der Waals surface area (Å²) in [7, 11) is 0. The number of nitrogens with one attached hydrogen (secondary N) is 1. The number of aromatic nitrogens is 4. The van der Waals surface area contributed by atoms with Gasteiger partial charge in [0, 0.05) is 50.9 Å². The van der Waals surface area contributed by atoms with Gasteiger partial charge in [0.15, 0.2) is 0 Å². The summed E-state index contributed by atoms with van der Waals surface area (Å²) in [5.74, 6) is 0.124. The van der Waals surface area contributed by atoms with E-state index in [0.29, 0.717) is 43.8 Å². The molecule has 1 aromatic carbocycles. The van der Waals surface area contributed by atoms with Crippen LogP contribution in [0.25, 0.3) is 5.95 Å². The van der Waals surface area contributed by atoms with Crippen molar-refractivity contribution in [1.29, 1.82) is 0 Å². The highest BCUT2D eigenvalue weighted by atomic mass is 19.1. The molecule has 10 heteroatoms. The van der Waals surface area contributed by atoms with Crippen LogP contribution < -0.4 is 10.2 Å². The molecule has 0 saturated carbocycles. The summed E-state index contributed by atoms with van der Waals surface area (Å²) < 4.78 is 29.4. The highest BCUT2D eigenvalue weighted by Gasteiger charge is 2.22. The number of hydrogen-bond acceptors (Lipinski definition) is 6. The molecule has 0 spiro atoms. The van der Waals surface area contributed by atoms with Gasteiger partial charge in [0.05, 0.1) is 11.4 Å². The van der Waals surface area contributed by atoms with Crippen molar-refractivity contribution in [2.45, 2.75) is 20.8 Å². The highest BCUT2D eigenvalue weighted by molar-refractivity contribution is 5.73. The minimum Gasteiger partial charge on any atom is -0.353 e. The fourth-order valence-corrected chi connectivity index (χ4v) is 3.56. The highest BCUT2D eigenvalue weighted by Crippen LogP contribution is 2.25. The fourth-order valence-electron chi connectivity index (χ4n) is 3.56. The van der Waals surface area contributed by atoms with Gasteiger partial charge in [-0.1, -0.05) is 0 Å². The summed E-state index contributed by atoms with van der Waals surface area (Å²) in [5, 5.41) is 7.30. The van der Waals surface area contributed by atoms with Gasteiger partial charge in [-0.25, -0.2) is 13.5 Å². The Morgan fingerprint density at radius 3 is 2.42 bits per heavy atom. The van der Waals surface area contributed by atoms with E-state index in [1.807, 2.05) is 24.8 Å². The van der Waals surface area contributed by atoms with Crippen molar-refractivity contribution in [3.8, 4) is 5.95 Å². The number of anilines is 3. The first kappa shape index (κ1) is 20.7. The molecule has 3 heterocycles. The first-order valence-electron chi connectivity index (χ1n) is 9.95. The number of amides is 1.